The minimum Gasteiger partial charge on any atom is -0.337 e. The maximum Gasteiger partial charge on any atom is 0.232 e. The number of carbonyl (C=O) groups is 2. The van der Waals surface area contributed by atoms with Crippen LogP contribution in [0.5, 0.6) is 0 Å². The molecule has 0 saturated carbocycles. The lowest BCUT2D eigenvalue weighted by atomic mass is 10.0. The molecule has 0 spiro atoms. The minimum atomic E-state index is -0.0470. The summed E-state index contributed by atoms with van der Waals surface area (Å²) < 4.78 is 2.43. The monoisotopic (exact) mass is 447 g/mol. The van der Waals surface area contributed by atoms with Crippen LogP contribution in [0.2, 0.25) is 0 Å². The highest BCUT2D eigenvalue weighted by Gasteiger charge is 2.30. The molecule has 1 saturated heterocycles. The third-order valence-electron chi connectivity index (χ3n) is 4.53. The van der Waals surface area contributed by atoms with Crippen LogP contribution in [0.1, 0.15) is 47.9 Å². The average molecular weight is 448 g/mol. The number of rotatable bonds is 4. The minimum absolute atomic E-state index is 0.0470. The molecule has 1 aromatic heterocycles. The van der Waals surface area contributed by atoms with Crippen LogP contribution in [0.25, 0.3) is 6.08 Å². The Balaban J connectivity index is 1.91. The summed E-state index contributed by atoms with van der Waals surface area (Å²) in [7, 11) is 0. The SMILES string of the molecule is CC(=O)c1nn(C[C@@H]2CCCN2C(=O)CI)c2c1C=C(Cl)CC2. The van der Waals surface area contributed by atoms with Crippen molar-refractivity contribution in [1.82, 2.24) is 14.7 Å². The van der Waals surface area contributed by atoms with E-state index in [9.17, 15) is 9.59 Å². The zero-order valence-corrected chi connectivity index (χ0v) is 15.9. The molecule has 1 aliphatic carbocycles. The summed E-state index contributed by atoms with van der Waals surface area (Å²) in [6.45, 7) is 3.01. The van der Waals surface area contributed by atoms with Gasteiger partial charge in [-0.15, -0.1) is 0 Å². The molecule has 1 fully saturated rings. The van der Waals surface area contributed by atoms with Crippen molar-refractivity contribution in [3.05, 3.63) is 22.0 Å². The standard InChI is InChI=1S/C16H19ClIN3O2/c1-10(22)16-13-7-11(17)4-5-14(13)21(19-16)9-12-3-2-6-20(12)15(23)8-18/h7,12H,2-6,8-9H2,1H3/t12-/m0/s1. The number of halogens is 2. The van der Waals surface area contributed by atoms with Gasteiger partial charge in [0, 0.05) is 29.8 Å². The second-order valence-electron chi connectivity index (χ2n) is 6.06. The molecule has 0 bridgehead atoms. The number of aromatic nitrogens is 2. The maximum absolute atomic E-state index is 12.1. The van der Waals surface area contributed by atoms with Crippen molar-refractivity contribution in [1.29, 1.82) is 0 Å². The highest BCUT2D eigenvalue weighted by atomic mass is 127. The summed E-state index contributed by atoms with van der Waals surface area (Å²) in [4.78, 5) is 25.9. The number of carbonyl (C=O) groups excluding carboxylic acids is 2. The first kappa shape index (κ1) is 17.0. The molecule has 2 aliphatic rings. The number of hydrogen-bond donors (Lipinski definition) is 0. The number of amides is 1. The van der Waals surface area contributed by atoms with Gasteiger partial charge in [-0.25, -0.2) is 0 Å². The molecular weight excluding hydrogens is 429 g/mol. The molecule has 0 N–H and O–H groups in total. The fraction of sp³-hybridized carbons (Fsp3) is 0.562. The van der Waals surface area contributed by atoms with Crippen molar-refractivity contribution >= 4 is 52.0 Å². The van der Waals surface area contributed by atoms with Crippen LogP contribution in [0.3, 0.4) is 0 Å². The maximum atomic E-state index is 12.1. The van der Waals surface area contributed by atoms with Crippen LogP contribution in [-0.4, -0.2) is 43.4 Å². The molecular formula is C16H19ClIN3O2. The second kappa shape index (κ2) is 6.93. The van der Waals surface area contributed by atoms with Gasteiger partial charge in [0.15, 0.2) is 5.78 Å². The van der Waals surface area contributed by atoms with Crippen LogP contribution in [0.4, 0.5) is 0 Å². The summed E-state index contributed by atoms with van der Waals surface area (Å²) in [5.74, 6) is 0.137. The van der Waals surface area contributed by atoms with Crippen molar-refractivity contribution in [3.63, 3.8) is 0 Å². The molecule has 124 valence electrons. The van der Waals surface area contributed by atoms with E-state index in [4.69, 9.17) is 11.6 Å². The van der Waals surface area contributed by atoms with Gasteiger partial charge in [0.05, 0.1) is 17.0 Å². The molecule has 3 rings (SSSR count). The van der Waals surface area contributed by atoms with E-state index < -0.39 is 0 Å². The van der Waals surface area contributed by atoms with Crippen LogP contribution in [-0.2, 0) is 17.8 Å². The molecule has 0 aromatic carbocycles. The topological polar surface area (TPSA) is 55.2 Å². The van der Waals surface area contributed by atoms with Gasteiger partial charge in [-0.05, 0) is 31.8 Å². The first-order valence-corrected chi connectivity index (χ1v) is 9.73. The van der Waals surface area contributed by atoms with Crippen molar-refractivity contribution in [3.8, 4) is 0 Å². The Morgan fingerprint density at radius 3 is 2.91 bits per heavy atom. The summed E-state index contributed by atoms with van der Waals surface area (Å²) in [5.41, 5.74) is 2.41. The third-order valence-corrected chi connectivity index (χ3v) is 5.48. The van der Waals surface area contributed by atoms with Gasteiger partial charge >= 0.3 is 0 Å². The highest BCUT2D eigenvalue weighted by Crippen LogP contribution is 2.30. The Labute approximate surface area is 154 Å². The first-order chi connectivity index (χ1) is 11.0. The number of Topliss-reactive ketones (excluding diaryl/α,β-unsaturated/α-hetero) is 1. The normalized spacial score (nSPS) is 20.4. The summed E-state index contributed by atoms with van der Waals surface area (Å²) in [5, 5.41) is 5.30. The van der Waals surface area contributed by atoms with E-state index in [2.05, 4.69) is 27.7 Å². The predicted molar refractivity (Wildman–Crippen MR) is 98.0 cm³/mol. The third kappa shape index (κ3) is 3.33. The van der Waals surface area contributed by atoms with Gasteiger partial charge in [0.2, 0.25) is 5.91 Å². The Hall–Kier alpha value is -0.890. The van der Waals surface area contributed by atoms with Crippen molar-refractivity contribution < 1.29 is 9.59 Å². The molecule has 23 heavy (non-hydrogen) atoms. The molecule has 1 atom stereocenters. The second-order valence-corrected chi connectivity index (χ2v) is 7.30. The average Bonchev–Trinajstić information content (AvgIpc) is 3.11. The van der Waals surface area contributed by atoms with Gasteiger partial charge < -0.3 is 4.90 Å². The quantitative estimate of drug-likeness (QED) is 0.405. The fourth-order valence-electron chi connectivity index (χ4n) is 3.43. The number of ketones is 1. The van der Waals surface area contributed by atoms with Gasteiger partial charge in [-0.3, -0.25) is 14.3 Å². The van der Waals surface area contributed by atoms with Gasteiger partial charge in [-0.1, -0.05) is 34.2 Å². The highest BCUT2D eigenvalue weighted by molar-refractivity contribution is 14.1. The van der Waals surface area contributed by atoms with Gasteiger partial charge in [0.1, 0.15) is 5.69 Å². The summed E-state index contributed by atoms with van der Waals surface area (Å²) in [6, 6.07) is 0.169. The molecule has 5 nitrogen and oxygen atoms in total. The largest absolute Gasteiger partial charge is 0.337 e. The summed E-state index contributed by atoms with van der Waals surface area (Å²) >= 11 is 8.26. The lowest BCUT2D eigenvalue weighted by Crippen LogP contribution is -2.39. The molecule has 2 heterocycles. The van der Waals surface area contributed by atoms with E-state index in [0.717, 1.165) is 48.5 Å². The molecule has 0 unspecified atom stereocenters. The van der Waals surface area contributed by atoms with E-state index in [1.54, 1.807) is 0 Å². The number of nitrogens with zero attached hydrogens (tertiary/aromatic N) is 3. The lowest BCUT2D eigenvalue weighted by Gasteiger charge is -2.25. The van der Waals surface area contributed by atoms with Crippen molar-refractivity contribution in [2.75, 3.05) is 11.0 Å². The molecule has 0 radical (unpaired) electrons. The molecule has 1 aliphatic heterocycles. The van der Waals surface area contributed by atoms with Crippen molar-refractivity contribution in [2.45, 2.75) is 45.2 Å². The fourth-order valence-corrected chi connectivity index (χ4v) is 4.08. The van der Waals surface area contributed by atoms with E-state index >= 15 is 0 Å². The van der Waals surface area contributed by atoms with E-state index in [1.165, 1.54) is 6.92 Å². The van der Waals surface area contributed by atoms with Gasteiger partial charge in [0.25, 0.3) is 0 Å². The van der Waals surface area contributed by atoms with E-state index in [0.29, 0.717) is 16.7 Å². The molecule has 1 amide bonds. The smallest absolute Gasteiger partial charge is 0.232 e. The van der Waals surface area contributed by atoms with Crippen LogP contribution in [0.15, 0.2) is 5.03 Å². The van der Waals surface area contributed by atoms with Crippen molar-refractivity contribution in [2.24, 2.45) is 0 Å². The Bertz CT molecular complexity index is 683. The predicted octanol–water partition coefficient (Wildman–Crippen LogP) is 3.04. The van der Waals surface area contributed by atoms with Gasteiger partial charge in [-0.2, -0.15) is 5.10 Å². The molecule has 7 heteroatoms. The Morgan fingerprint density at radius 2 is 2.22 bits per heavy atom. The van der Waals surface area contributed by atoms with E-state index in [-0.39, 0.29) is 17.7 Å². The van der Waals surface area contributed by atoms with Crippen LogP contribution < -0.4 is 0 Å². The number of likely N-dealkylation sites (tertiary alicyclic amines) is 1. The van der Waals surface area contributed by atoms with Crippen LogP contribution >= 0.6 is 34.2 Å². The zero-order chi connectivity index (χ0) is 16.6. The number of hydrogen-bond acceptors (Lipinski definition) is 3. The number of alkyl halides is 1. The first-order valence-electron chi connectivity index (χ1n) is 7.83. The Morgan fingerprint density at radius 1 is 1.43 bits per heavy atom. The Kier molecular flexibility index (Phi) is 5.10. The number of allylic oxidation sites excluding steroid dienone is 1. The zero-order valence-electron chi connectivity index (χ0n) is 13.0. The molecule has 1 aromatic rings. The summed E-state index contributed by atoms with van der Waals surface area (Å²) in [6.07, 6.45) is 5.45. The van der Waals surface area contributed by atoms with Crippen LogP contribution in [0, 0.1) is 0 Å². The lowest BCUT2D eigenvalue weighted by molar-refractivity contribution is -0.129. The van der Waals surface area contributed by atoms with E-state index in [1.807, 2.05) is 15.7 Å². The number of fused-ring (bicyclic) bond motifs is 1.